The van der Waals surface area contributed by atoms with E-state index in [0.717, 1.165) is 11.3 Å². The van der Waals surface area contributed by atoms with Gasteiger partial charge < -0.3 is 19.3 Å². The highest BCUT2D eigenvalue weighted by Crippen LogP contribution is 2.13. The Morgan fingerprint density at radius 3 is 2.50 bits per heavy atom. The number of amides is 2. The van der Waals surface area contributed by atoms with Crippen LogP contribution in [0.5, 0.6) is 0 Å². The Hall–Kier alpha value is -1.98. The minimum absolute atomic E-state index is 0.0465. The zero-order valence-corrected chi connectivity index (χ0v) is 12.4. The van der Waals surface area contributed by atoms with Gasteiger partial charge in [0.25, 0.3) is 0 Å². The third-order valence-corrected chi connectivity index (χ3v) is 3.14. The Bertz CT molecular complexity index is 467. The second kappa shape index (κ2) is 6.98. The van der Waals surface area contributed by atoms with E-state index in [1.807, 2.05) is 26.8 Å². The Labute approximate surface area is 119 Å². The molecule has 2 amide bonds. The van der Waals surface area contributed by atoms with Crippen LogP contribution in [0.15, 0.2) is 16.7 Å². The molecular formula is C14H22N2O4. The molecule has 1 aromatic rings. The van der Waals surface area contributed by atoms with E-state index in [0.29, 0.717) is 6.54 Å². The van der Waals surface area contributed by atoms with Crippen molar-refractivity contribution in [3.63, 3.8) is 0 Å². The number of carboxylic acids is 1. The first-order chi connectivity index (χ1) is 9.32. The fourth-order valence-corrected chi connectivity index (χ4v) is 1.91. The lowest BCUT2D eigenvalue weighted by Gasteiger charge is -2.31. The maximum absolute atomic E-state index is 12.4. The van der Waals surface area contributed by atoms with Gasteiger partial charge in [0.05, 0.1) is 19.2 Å². The molecule has 0 fully saturated rings. The number of aliphatic carboxylic acids is 1. The van der Waals surface area contributed by atoms with Gasteiger partial charge in [-0.3, -0.25) is 4.79 Å². The van der Waals surface area contributed by atoms with Gasteiger partial charge in [0.2, 0.25) is 0 Å². The van der Waals surface area contributed by atoms with E-state index in [-0.39, 0.29) is 25.0 Å². The molecule has 0 atom stereocenters. The molecule has 1 heterocycles. The van der Waals surface area contributed by atoms with E-state index in [1.54, 1.807) is 23.1 Å². The molecule has 0 aliphatic rings. The standard InChI is InChI=1S/C14H22N2O4/c1-10(2)16(7-5-13(17)18)14(19)15(4)9-12-6-8-20-11(12)3/h6,8,10H,5,7,9H2,1-4H3,(H,17,18). The number of urea groups is 1. The molecule has 0 aliphatic carbocycles. The van der Waals surface area contributed by atoms with E-state index in [4.69, 9.17) is 9.52 Å². The maximum atomic E-state index is 12.4. The van der Waals surface area contributed by atoms with Crippen molar-refractivity contribution in [3.05, 3.63) is 23.7 Å². The highest BCUT2D eigenvalue weighted by molar-refractivity contribution is 5.75. The third-order valence-electron chi connectivity index (χ3n) is 3.14. The molecule has 112 valence electrons. The normalized spacial score (nSPS) is 10.7. The minimum atomic E-state index is -0.906. The van der Waals surface area contributed by atoms with Gasteiger partial charge in [0.15, 0.2) is 0 Å². The molecule has 0 saturated carbocycles. The van der Waals surface area contributed by atoms with E-state index >= 15 is 0 Å². The van der Waals surface area contributed by atoms with Crippen molar-refractivity contribution < 1.29 is 19.1 Å². The molecule has 6 nitrogen and oxygen atoms in total. The summed E-state index contributed by atoms with van der Waals surface area (Å²) in [7, 11) is 1.70. The summed E-state index contributed by atoms with van der Waals surface area (Å²) in [5.74, 6) is -0.122. The number of carbonyl (C=O) groups excluding carboxylic acids is 1. The SMILES string of the molecule is Cc1occc1CN(C)C(=O)N(CCC(=O)O)C(C)C. The van der Waals surface area contributed by atoms with Crippen molar-refractivity contribution >= 4 is 12.0 Å². The van der Waals surface area contributed by atoms with Gasteiger partial charge in [-0.05, 0) is 26.8 Å². The summed E-state index contributed by atoms with van der Waals surface area (Å²) in [4.78, 5) is 26.1. The van der Waals surface area contributed by atoms with E-state index < -0.39 is 5.97 Å². The molecule has 6 heteroatoms. The third kappa shape index (κ3) is 4.29. The van der Waals surface area contributed by atoms with Crippen LogP contribution in [0.25, 0.3) is 0 Å². The maximum Gasteiger partial charge on any atom is 0.320 e. The lowest BCUT2D eigenvalue weighted by atomic mass is 10.2. The number of nitrogens with zero attached hydrogens (tertiary/aromatic N) is 2. The van der Waals surface area contributed by atoms with Crippen LogP contribution in [-0.2, 0) is 11.3 Å². The summed E-state index contributed by atoms with van der Waals surface area (Å²) in [6.07, 6.45) is 1.54. The Kier molecular flexibility index (Phi) is 5.61. The van der Waals surface area contributed by atoms with Crippen LogP contribution in [0.3, 0.4) is 0 Å². The summed E-state index contributed by atoms with van der Waals surface area (Å²) in [5.41, 5.74) is 0.947. The molecular weight excluding hydrogens is 260 g/mol. The molecule has 0 radical (unpaired) electrons. The summed E-state index contributed by atoms with van der Waals surface area (Å²) < 4.78 is 5.20. The van der Waals surface area contributed by atoms with E-state index in [9.17, 15) is 9.59 Å². The van der Waals surface area contributed by atoms with Crippen molar-refractivity contribution in [1.82, 2.24) is 9.80 Å². The first kappa shape index (κ1) is 16.1. The average molecular weight is 282 g/mol. The number of hydrogen-bond acceptors (Lipinski definition) is 3. The van der Waals surface area contributed by atoms with Gasteiger partial charge >= 0.3 is 12.0 Å². The zero-order valence-electron chi connectivity index (χ0n) is 12.4. The number of rotatable bonds is 6. The zero-order chi connectivity index (χ0) is 15.3. The Morgan fingerprint density at radius 1 is 1.40 bits per heavy atom. The lowest BCUT2D eigenvalue weighted by Crippen LogP contribution is -2.45. The molecule has 0 aromatic carbocycles. The van der Waals surface area contributed by atoms with Gasteiger partial charge in [0, 0.05) is 25.2 Å². The minimum Gasteiger partial charge on any atom is -0.481 e. The average Bonchev–Trinajstić information content (AvgIpc) is 2.74. The smallest absolute Gasteiger partial charge is 0.320 e. The van der Waals surface area contributed by atoms with Crippen molar-refractivity contribution in [2.24, 2.45) is 0 Å². The molecule has 1 aromatic heterocycles. The summed E-state index contributed by atoms with van der Waals surface area (Å²) in [6.45, 7) is 6.24. The van der Waals surface area contributed by atoms with Gasteiger partial charge in [0.1, 0.15) is 5.76 Å². The van der Waals surface area contributed by atoms with Gasteiger partial charge in [-0.25, -0.2) is 4.79 Å². The molecule has 0 aliphatic heterocycles. The first-order valence-corrected chi connectivity index (χ1v) is 6.59. The van der Waals surface area contributed by atoms with Crippen molar-refractivity contribution in [3.8, 4) is 0 Å². The molecule has 0 saturated heterocycles. The number of aryl methyl sites for hydroxylation is 1. The Balaban J connectivity index is 2.68. The fourth-order valence-electron chi connectivity index (χ4n) is 1.91. The highest BCUT2D eigenvalue weighted by atomic mass is 16.4. The predicted octanol–water partition coefficient (Wildman–Crippen LogP) is 2.32. The largest absolute Gasteiger partial charge is 0.481 e. The van der Waals surface area contributed by atoms with Crippen LogP contribution in [-0.4, -0.2) is 46.5 Å². The second-order valence-electron chi connectivity index (χ2n) is 5.07. The predicted molar refractivity (Wildman–Crippen MR) is 74.4 cm³/mol. The molecule has 0 unspecified atom stereocenters. The monoisotopic (exact) mass is 282 g/mol. The number of hydrogen-bond donors (Lipinski definition) is 1. The van der Waals surface area contributed by atoms with Crippen LogP contribution < -0.4 is 0 Å². The number of carboxylic acid groups (broad SMARTS) is 1. The van der Waals surface area contributed by atoms with E-state index in [2.05, 4.69) is 0 Å². The molecule has 1 N–H and O–H groups in total. The van der Waals surface area contributed by atoms with Crippen LogP contribution in [0.4, 0.5) is 4.79 Å². The van der Waals surface area contributed by atoms with Gasteiger partial charge in [-0.15, -0.1) is 0 Å². The summed E-state index contributed by atoms with van der Waals surface area (Å²) >= 11 is 0. The Morgan fingerprint density at radius 2 is 2.05 bits per heavy atom. The molecule has 0 spiro atoms. The van der Waals surface area contributed by atoms with Gasteiger partial charge in [-0.1, -0.05) is 0 Å². The molecule has 1 rings (SSSR count). The van der Waals surface area contributed by atoms with Crippen LogP contribution in [0, 0.1) is 6.92 Å². The van der Waals surface area contributed by atoms with Crippen molar-refractivity contribution in [2.45, 2.75) is 39.8 Å². The summed E-state index contributed by atoms with van der Waals surface area (Å²) in [5, 5.41) is 8.74. The van der Waals surface area contributed by atoms with Crippen molar-refractivity contribution in [2.75, 3.05) is 13.6 Å². The lowest BCUT2D eigenvalue weighted by molar-refractivity contribution is -0.137. The number of carbonyl (C=O) groups is 2. The van der Waals surface area contributed by atoms with Crippen LogP contribution >= 0.6 is 0 Å². The second-order valence-corrected chi connectivity index (χ2v) is 5.07. The van der Waals surface area contributed by atoms with Crippen molar-refractivity contribution in [1.29, 1.82) is 0 Å². The summed E-state index contributed by atoms with van der Waals surface area (Å²) in [6, 6.07) is 1.60. The number of furan rings is 1. The highest BCUT2D eigenvalue weighted by Gasteiger charge is 2.22. The van der Waals surface area contributed by atoms with Crippen LogP contribution in [0.1, 0.15) is 31.6 Å². The molecule has 0 bridgehead atoms. The molecule has 20 heavy (non-hydrogen) atoms. The van der Waals surface area contributed by atoms with Crippen LogP contribution in [0.2, 0.25) is 0 Å². The quantitative estimate of drug-likeness (QED) is 0.869. The van der Waals surface area contributed by atoms with Gasteiger partial charge in [-0.2, -0.15) is 0 Å². The first-order valence-electron chi connectivity index (χ1n) is 6.59. The fraction of sp³-hybridized carbons (Fsp3) is 0.571. The topological polar surface area (TPSA) is 74.0 Å². The van der Waals surface area contributed by atoms with E-state index in [1.165, 1.54) is 0 Å².